The molecule has 2 saturated heterocycles. The van der Waals surface area contributed by atoms with E-state index in [0.29, 0.717) is 11.6 Å². The van der Waals surface area contributed by atoms with Gasteiger partial charge < -0.3 is 80.4 Å². The van der Waals surface area contributed by atoms with Crippen molar-refractivity contribution >= 4 is 115 Å². The van der Waals surface area contributed by atoms with E-state index in [9.17, 15) is 48.6 Å². The van der Waals surface area contributed by atoms with Crippen LogP contribution in [0.1, 0.15) is 23.0 Å². The van der Waals surface area contributed by atoms with Gasteiger partial charge >= 0.3 is 71.1 Å². The maximum absolute atomic E-state index is 12.9. The topological polar surface area (TPSA) is 429 Å². The number of aryl methyl sites for hydroxylation is 2. The van der Waals surface area contributed by atoms with E-state index < -0.39 is 106 Å². The van der Waals surface area contributed by atoms with Crippen molar-refractivity contribution in [2.75, 3.05) is 36.2 Å². The molecule has 380 valence electrons. The van der Waals surface area contributed by atoms with E-state index >= 15 is 0 Å². The molecule has 4 amide bonds. The molecule has 4 aliphatic heterocycles. The molecule has 2 fully saturated rings. The fourth-order valence-corrected chi connectivity index (χ4v) is 10.3. The van der Waals surface area contributed by atoms with Gasteiger partial charge in [-0.25, -0.2) is 29.5 Å². The predicted molar refractivity (Wildman–Crippen MR) is 243 cm³/mol. The predicted octanol–water partition coefficient (Wildman–Crippen LogP) is -10.3. The molecule has 0 aliphatic carbocycles. The SMILES string of the molecule is Cn1ccnc1COC1=C(C(=O)[O-])N2C(=O)[C@@H](NC(=O)/C(=N\OCC(=O)O)c3csc(N)n3)[C@H]2SC1.Cn1ccnc1COC1=C(C(=O)[O-])N2C(=O)[C@@H](NC(=O)/C(=N\OCC(=O)O)c3csc(N)n3)[C@H]2SC1.[Na+].[Na+]. The number of nitrogens with one attached hydrogen (secondary N) is 2. The van der Waals surface area contributed by atoms with Crippen LogP contribution in [0.2, 0.25) is 0 Å². The van der Waals surface area contributed by atoms with E-state index in [2.05, 4.69) is 50.6 Å². The van der Waals surface area contributed by atoms with Gasteiger partial charge in [-0.15, -0.1) is 46.2 Å². The number of hydrogen-bond acceptors (Lipinski definition) is 26. The number of carbonyl (C=O) groups excluding carboxylic acids is 6. The molecule has 0 radical (unpaired) electrons. The number of ether oxygens (including phenoxy) is 2. The van der Waals surface area contributed by atoms with Crippen LogP contribution in [0, 0.1) is 0 Å². The Hall–Kier alpha value is -6.24. The van der Waals surface area contributed by atoms with Gasteiger partial charge in [0.2, 0.25) is 13.2 Å². The first-order valence-corrected chi connectivity index (χ1v) is 24.0. The first kappa shape index (κ1) is 58.6. The summed E-state index contributed by atoms with van der Waals surface area (Å²) in [5.41, 5.74) is 9.59. The van der Waals surface area contributed by atoms with Crippen molar-refractivity contribution in [1.82, 2.24) is 49.5 Å². The van der Waals surface area contributed by atoms with Gasteiger partial charge in [0.05, 0.1) is 23.4 Å². The van der Waals surface area contributed by atoms with Crippen molar-refractivity contribution in [3.05, 3.63) is 81.5 Å². The molecule has 0 saturated carbocycles. The monoisotopic (exact) mass is 1120 g/mol. The van der Waals surface area contributed by atoms with Crippen LogP contribution in [0.3, 0.4) is 0 Å². The third kappa shape index (κ3) is 13.3. The number of anilines is 2. The van der Waals surface area contributed by atoms with Gasteiger partial charge in [-0.1, -0.05) is 10.3 Å². The Morgan fingerprint density at radius 3 is 1.38 bits per heavy atom. The number of nitrogens with two attached hydrogens (primary N) is 2. The normalized spacial score (nSPS) is 18.9. The number of carboxylic acid groups (broad SMARTS) is 4. The molecule has 74 heavy (non-hydrogen) atoms. The van der Waals surface area contributed by atoms with Gasteiger partial charge in [-0.2, -0.15) is 0 Å². The molecule has 8 N–H and O–H groups in total. The van der Waals surface area contributed by atoms with Crippen molar-refractivity contribution < 1.29 is 137 Å². The van der Waals surface area contributed by atoms with Crippen molar-refractivity contribution in [1.29, 1.82) is 0 Å². The van der Waals surface area contributed by atoms with Crippen LogP contribution in [0.25, 0.3) is 0 Å². The Labute approximate surface area is 476 Å². The molecular formula is C38H36N14Na2O16S4. The molecule has 8 rings (SSSR count). The van der Waals surface area contributed by atoms with Gasteiger partial charge in [0, 0.05) is 49.6 Å². The Bertz CT molecular complexity index is 2780. The van der Waals surface area contributed by atoms with E-state index in [1.807, 2.05) is 0 Å². The molecule has 0 aromatic carbocycles. The second kappa shape index (κ2) is 25.8. The van der Waals surface area contributed by atoms with Gasteiger partial charge in [0.25, 0.3) is 23.6 Å². The van der Waals surface area contributed by atoms with Crippen molar-refractivity contribution in [2.45, 2.75) is 36.0 Å². The number of amides is 4. The molecule has 0 unspecified atom stereocenters. The van der Waals surface area contributed by atoms with Crippen molar-refractivity contribution in [3.8, 4) is 0 Å². The van der Waals surface area contributed by atoms with E-state index in [1.165, 1.54) is 34.3 Å². The second-order valence-corrected chi connectivity index (χ2v) is 18.7. The number of β-lactam (4-membered cyclic amide) rings is 2. The number of oxime groups is 2. The fourth-order valence-electron chi connectivity index (χ4n) is 6.68. The van der Waals surface area contributed by atoms with Gasteiger partial charge in [0.15, 0.2) is 21.7 Å². The number of imidazole rings is 2. The Morgan fingerprint density at radius 1 is 0.703 bits per heavy atom. The molecule has 8 heterocycles. The minimum absolute atomic E-state index is 0. The molecule has 4 atom stereocenters. The first-order chi connectivity index (χ1) is 34.3. The molecule has 36 heteroatoms. The number of carbonyl (C=O) groups is 8. The Kier molecular flexibility index (Phi) is 20.5. The standard InChI is InChI=1S/2C19H19N7O8S2.2Na/c2*1-25-3-2-21-10(25)4-33-9-7-35-17-13(16(30)26(17)14(9)18(31)32)23-15(29)12(24-34-5-11(27)28)8-6-36-19(20)22-8;;/h2*2-3,6,13,17H,4-5,7H2,1H3,(H2,20,22)(H,23,29)(H,27,28)(H,31,32);;/q;;2*+1/p-2/b2*24-12-;;/t2*13-,17-;;/m11../s1. The largest absolute Gasteiger partial charge is 1.00 e. The van der Waals surface area contributed by atoms with Gasteiger partial charge in [0.1, 0.15) is 82.0 Å². The molecule has 0 spiro atoms. The summed E-state index contributed by atoms with van der Waals surface area (Å²) in [4.78, 5) is 124. The molecular weight excluding hydrogens is 1080 g/mol. The second-order valence-electron chi connectivity index (χ2n) is 14.7. The van der Waals surface area contributed by atoms with E-state index in [1.54, 1.807) is 48.0 Å². The minimum Gasteiger partial charge on any atom is -0.543 e. The minimum atomic E-state index is -1.60. The zero-order valence-electron chi connectivity index (χ0n) is 38.9. The van der Waals surface area contributed by atoms with Crippen LogP contribution in [0.4, 0.5) is 10.3 Å². The third-order valence-electron chi connectivity index (χ3n) is 10.1. The summed E-state index contributed by atoms with van der Waals surface area (Å²) in [5, 5.41) is 54.8. The molecule has 4 aromatic rings. The summed E-state index contributed by atoms with van der Waals surface area (Å²) in [6.45, 7) is -1.66. The summed E-state index contributed by atoms with van der Waals surface area (Å²) in [6, 6.07) is -2.21. The number of hydrogen-bond donors (Lipinski definition) is 6. The number of nitrogens with zero attached hydrogens (tertiary/aromatic N) is 10. The third-order valence-corrected chi connectivity index (χ3v) is 13.9. The quantitative estimate of drug-likeness (QED) is 0.0207. The smallest absolute Gasteiger partial charge is 0.543 e. The zero-order valence-corrected chi connectivity index (χ0v) is 46.2. The van der Waals surface area contributed by atoms with Crippen LogP contribution >= 0.6 is 46.2 Å². The summed E-state index contributed by atoms with van der Waals surface area (Å²) < 4.78 is 14.7. The fraction of sp³-hybridized carbons (Fsp3) is 0.316. The van der Waals surface area contributed by atoms with Crippen molar-refractivity contribution in [2.24, 2.45) is 24.4 Å². The number of carboxylic acids is 4. The average molecular weight is 1120 g/mol. The number of aliphatic carboxylic acids is 4. The summed E-state index contributed by atoms with van der Waals surface area (Å²) >= 11 is 4.38. The maximum Gasteiger partial charge on any atom is 1.00 e. The molecule has 4 aliphatic rings. The van der Waals surface area contributed by atoms with Crippen molar-refractivity contribution in [3.63, 3.8) is 0 Å². The van der Waals surface area contributed by atoms with Crippen LogP contribution in [0.5, 0.6) is 0 Å². The molecule has 30 nitrogen and oxygen atoms in total. The van der Waals surface area contributed by atoms with E-state index in [0.717, 1.165) is 32.5 Å². The summed E-state index contributed by atoms with van der Waals surface area (Å²) in [7, 11) is 3.50. The number of thiazole rings is 2. The average Bonchev–Trinajstić information content (AvgIpc) is 4.17. The summed E-state index contributed by atoms with van der Waals surface area (Å²) in [5.74, 6) is -7.66. The van der Waals surface area contributed by atoms with Gasteiger partial charge in [-0.3, -0.25) is 29.0 Å². The number of aromatic nitrogens is 6. The Morgan fingerprint density at radius 2 is 1.08 bits per heavy atom. The van der Waals surface area contributed by atoms with Crippen LogP contribution in [0.15, 0.2) is 68.8 Å². The first-order valence-electron chi connectivity index (χ1n) is 20.2. The van der Waals surface area contributed by atoms with Crippen LogP contribution < -0.4 is 91.4 Å². The van der Waals surface area contributed by atoms with E-state index in [-0.39, 0.29) is 117 Å². The Balaban J connectivity index is 0.000000267. The molecule has 0 bridgehead atoms. The van der Waals surface area contributed by atoms with E-state index in [4.69, 9.17) is 31.2 Å². The van der Waals surface area contributed by atoms with Crippen LogP contribution in [-0.4, -0.2) is 156 Å². The number of thioether (sulfide) groups is 2. The number of rotatable bonds is 20. The number of nitrogen functional groups attached to an aromatic ring is 2. The zero-order chi connectivity index (χ0) is 52.0. The van der Waals surface area contributed by atoms with Gasteiger partial charge in [-0.05, 0) is 0 Å². The molecule has 4 aromatic heterocycles. The number of fused-ring (bicyclic) bond motifs is 2. The van der Waals surface area contributed by atoms with Crippen LogP contribution in [-0.2, 0) is 84.8 Å². The summed E-state index contributed by atoms with van der Waals surface area (Å²) in [6.07, 6.45) is 6.54. The maximum atomic E-state index is 12.9.